The summed E-state index contributed by atoms with van der Waals surface area (Å²) < 4.78 is 13.0. The lowest BCUT2D eigenvalue weighted by molar-refractivity contribution is 0.0907. The topological polar surface area (TPSA) is 35.5 Å². The van der Waals surface area contributed by atoms with Crippen LogP contribution in [-0.4, -0.2) is 42.3 Å². The highest BCUT2D eigenvalue weighted by Gasteiger charge is 2.17. The molecule has 0 aliphatic carbocycles. The third-order valence-electron chi connectivity index (χ3n) is 3.94. The van der Waals surface area contributed by atoms with Crippen molar-refractivity contribution >= 4 is 0 Å². The van der Waals surface area contributed by atoms with Gasteiger partial charge in [-0.1, -0.05) is 19.1 Å². The molecule has 1 atom stereocenters. The van der Waals surface area contributed by atoms with Crippen molar-refractivity contribution in [1.82, 2.24) is 10.2 Å². The van der Waals surface area contributed by atoms with Gasteiger partial charge in [0.05, 0.1) is 6.10 Å². The molecule has 1 aromatic carbocycles. The molecule has 20 heavy (non-hydrogen) atoms. The molecule has 2 rings (SSSR count). The molecule has 1 saturated heterocycles. The molecule has 1 aliphatic rings. The van der Waals surface area contributed by atoms with Gasteiger partial charge in [-0.2, -0.15) is 0 Å². The van der Waals surface area contributed by atoms with E-state index in [1.807, 2.05) is 6.07 Å². The average molecular weight is 280 g/mol. The maximum absolute atomic E-state index is 13.0. The van der Waals surface area contributed by atoms with Crippen molar-refractivity contribution in [3.8, 4) is 0 Å². The second-order valence-corrected chi connectivity index (χ2v) is 5.90. The molecule has 0 radical (unpaired) electrons. The van der Waals surface area contributed by atoms with Gasteiger partial charge in [-0.05, 0) is 49.5 Å². The van der Waals surface area contributed by atoms with E-state index in [2.05, 4.69) is 17.1 Å². The summed E-state index contributed by atoms with van der Waals surface area (Å²) in [5.41, 5.74) is 0.906. The van der Waals surface area contributed by atoms with Crippen molar-refractivity contribution in [3.05, 3.63) is 35.6 Å². The minimum absolute atomic E-state index is 0.215. The molecular formula is C16H25FN2O. The van der Waals surface area contributed by atoms with Crippen molar-refractivity contribution in [2.24, 2.45) is 5.92 Å². The second-order valence-electron chi connectivity index (χ2n) is 5.90. The van der Waals surface area contributed by atoms with E-state index >= 15 is 0 Å². The molecule has 0 aromatic heterocycles. The van der Waals surface area contributed by atoms with Crippen LogP contribution in [0.2, 0.25) is 0 Å². The van der Waals surface area contributed by atoms with E-state index in [0.29, 0.717) is 13.1 Å². The zero-order valence-corrected chi connectivity index (χ0v) is 12.2. The van der Waals surface area contributed by atoms with Gasteiger partial charge in [-0.15, -0.1) is 0 Å². The van der Waals surface area contributed by atoms with Gasteiger partial charge in [0.25, 0.3) is 0 Å². The summed E-state index contributed by atoms with van der Waals surface area (Å²) in [6, 6.07) is 6.55. The highest BCUT2D eigenvalue weighted by molar-refractivity contribution is 5.15. The third kappa shape index (κ3) is 5.19. The van der Waals surface area contributed by atoms with E-state index in [9.17, 15) is 9.50 Å². The SMILES string of the molecule is CC1CCN(CC(O)CNCc2cccc(F)c2)CC1. The Balaban J connectivity index is 1.64. The van der Waals surface area contributed by atoms with Gasteiger partial charge < -0.3 is 15.3 Å². The number of nitrogens with zero attached hydrogens (tertiary/aromatic N) is 1. The fraction of sp³-hybridized carbons (Fsp3) is 0.625. The predicted octanol–water partition coefficient (Wildman–Crippen LogP) is 2.01. The highest BCUT2D eigenvalue weighted by Crippen LogP contribution is 2.15. The Morgan fingerprint density at radius 1 is 1.40 bits per heavy atom. The van der Waals surface area contributed by atoms with Gasteiger partial charge in [-0.25, -0.2) is 4.39 Å². The fourth-order valence-corrected chi connectivity index (χ4v) is 2.64. The van der Waals surface area contributed by atoms with E-state index in [4.69, 9.17) is 0 Å². The van der Waals surface area contributed by atoms with Crippen LogP contribution in [0.15, 0.2) is 24.3 Å². The largest absolute Gasteiger partial charge is 0.390 e. The van der Waals surface area contributed by atoms with Gasteiger partial charge in [0.2, 0.25) is 0 Å². The average Bonchev–Trinajstić information content (AvgIpc) is 2.41. The number of hydrogen-bond donors (Lipinski definition) is 2. The van der Waals surface area contributed by atoms with Crippen LogP contribution in [0, 0.1) is 11.7 Å². The number of aliphatic hydroxyl groups is 1. The molecule has 0 bridgehead atoms. The van der Waals surface area contributed by atoms with Crippen molar-refractivity contribution in [2.75, 3.05) is 26.2 Å². The lowest BCUT2D eigenvalue weighted by atomic mass is 9.99. The Morgan fingerprint density at radius 2 is 2.15 bits per heavy atom. The van der Waals surface area contributed by atoms with Crippen LogP contribution in [0.1, 0.15) is 25.3 Å². The number of rotatable bonds is 6. The van der Waals surface area contributed by atoms with Crippen molar-refractivity contribution < 1.29 is 9.50 Å². The molecule has 1 fully saturated rings. The van der Waals surface area contributed by atoms with Crippen molar-refractivity contribution in [3.63, 3.8) is 0 Å². The van der Waals surface area contributed by atoms with Gasteiger partial charge in [0.15, 0.2) is 0 Å². The van der Waals surface area contributed by atoms with Crippen LogP contribution >= 0.6 is 0 Å². The molecule has 1 aliphatic heterocycles. The quantitative estimate of drug-likeness (QED) is 0.837. The molecule has 0 amide bonds. The standard InChI is InChI=1S/C16H25FN2O/c1-13-5-7-19(8-6-13)12-16(20)11-18-10-14-3-2-4-15(17)9-14/h2-4,9,13,16,18,20H,5-8,10-12H2,1H3. The normalized spacial score (nSPS) is 19.1. The number of hydrogen-bond acceptors (Lipinski definition) is 3. The number of aliphatic hydroxyl groups excluding tert-OH is 1. The molecule has 0 saturated carbocycles. The minimum atomic E-state index is -0.364. The van der Waals surface area contributed by atoms with E-state index < -0.39 is 0 Å². The third-order valence-corrected chi connectivity index (χ3v) is 3.94. The lowest BCUT2D eigenvalue weighted by Gasteiger charge is -2.31. The zero-order valence-electron chi connectivity index (χ0n) is 12.2. The molecule has 112 valence electrons. The zero-order chi connectivity index (χ0) is 14.4. The first-order chi connectivity index (χ1) is 9.63. The monoisotopic (exact) mass is 280 g/mol. The summed E-state index contributed by atoms with van der Waals surface area (Å²) in [5, 5.41) is 13.2. The summed E-state index contributed by atoms with van der Waals surface area (Å²) in [6.07, 6.45) is 2.09. The van der Waals surface area contributed by atoms with Gasteiger partial charge in [-0.3, -0.25) is 0 Å². The first-order valence-electron chi connectivity index (χ1n) is 7.49. The number of halogens is 1. The molecular weight excluding hydrogens is 255 g/mol. The first-order valence-corrected chi connectivity index (χ1v) is 7.49. The summed E-state index contributed by atoms with van der Waals surface area (Å²) in [6.45, 7) is 6.32. The maximum atomic E-state index is 13.0. The maximum Gasteiger partial charge on any atom is 0.123 e. The van der Waals surface area contributed by atoms with Crippen LogP contribution in [-0.2, 0) is 6.54 Å². The van der Waals surface area contributed by atoms with Crippen LogP contribution in [0.5, 0.6) is 0 Å². The van der Waals surface area contributed by atoms with E-state index in [-0.39, 0.29) is 11.9 Å². The summed E-state index contributed by atoms with van der Waals surface area (Å²) in [7, 11) is 0. The number of benzene rings is 1. The second kappa shape index (κ2) is 7.72. The Bertz CT molecular complexity index is 405. The number of nitrogens with one attached hydrogen (secondary N) is 1. The number of likely N-dealkylation sites (tertiary alicyclic amines) is 1. The van der Waals surface area contributed by atoms with E-state index in [0.717, 1.165) is 31.1 Å². The smallest absolute Gasteiger partial charge is 0.123 e. The number of piperidine rings is 1. The molecule has 0 spiro atoms. The summed E-state index contributed by atoms with van der Waals surface area (Å²) in [5.74, 6) is 0.599. The van der Waals surface area contributed by atoms with Crippen LogP contribution in [0.3, 0.4) is 0 Å². The number of β-amino-alcohol motifs (C(OH)–C–C–N with tert-alkyl or cyclic N) is 1. The molecule has 1 heterocycles. The minimum Gasteiger partial charge on any atom is -0.390 e. The van der Waals surface area contributed by atoms with Crippen LogP contribution in [0.4, 0.5) is 4.39 Å². The Morgan fingerprint density at radius 3 is 2.85 bits per heavy atom. The molecule has 3 nitrogen and oxygen atoms in total. The highest BCUT2D eigenvalue weighted by atomic mass is 19.1. The predicted molar refractivity (Wildman–Crippen MR) is 79.0 cm³/mol. The van der Waals surface area contributed by atoms with Gasteiger partial charge in [0.1, 0.15) is 5.82 Å². The Kier molecular flexibility index (Phi) is 5.95. The van der Waals surface area contributed by atoms with E-state index in [1.54, 1.807) is 6.07 Å². The molecule has 1 aromatic rings. The molecule has 1 unspecified atom stereocenters. The fourth-order valence-electron chi connectivity index (χ4n) is 2.64. The van der Waals surface area contributed by atoms with Gasteiger partial charge >= 0.3 is 0 Å². The Hall–Kier alpha value is -0.970. The van der Waals surface area contributed by atoms with Gasteiger partial charge in [0, 0.05) is 19.6 Å². The molecule has 2 N–H and O–H groups in total. The summed E-state index contributed by atoms with van der Waals surface area (Å²) >= 11 is 0. The first kappa shape index (κ1) is 15.4. The summed E-state index contributed by atoms with van der Waals surface area (Å²) in [4.78, 5) is 2.33. The van der Waals surface area contributed by atoms with Crippen LogP contribution < -0.4 is 5.32 Å². The lowest BCUT2D eigenvalue weighted by Crippen LogP contribution is -2.41. The van der Waals surface area contributed by atoms with Crippen LogP contribution in [0.25, 0.3) is 0 Å². The molecule has 4 heteroatoms. The van der Waals surface area contributed by atoms with E-state index in [1.165, 1.54) is 25.0 Å². The van der Waals surface area contributed by atoms with Crippen molar-refractivity contribution in [2.45, 2.75) is 32.4 Å². The van der Waals surface area contributed by atoms with Crippen molar-refractivity contribution in [1.29, 1.82) is 0 Å². The Labute approximate surface area is 120 Å².